The van der Waals surface area contributed by atoms with Crippen LogP contribution in [0.25, 0.3) is 0 Å². The number of rotatable bonds is 4. The Kier molecular flexibility index (Phi) is 3.45. The third-order valence-electron chi connectivity index (χ3n) is 5.48. The second-order valence-electron chi connectivity index (χ2n) is 6.59. The molecule has 0 amide bonds. The van der Waals surface area contributed by atoms with Gasteiger partial charge in [-0.2, -0.15) is 0 Å². The van der Waals surface area contributed by atoms with Gasteiger partial charge in [-0.15, -0.1) is 0 Å². The molecule has 2 heteroatoms. The first kappa shape index (κ1) is 12.0. The van der Waals surface area contributed by atoms with Crippen molar-refractivity contribution in [3.63, 3.8) is 0 Å². The summed E-state index contributed by atoms with van der Waals surface area (Å²) in [4.78, 5) is 2.72. The van der Waals surface area contributed by atoms with Crippen LogP contribution in [0.1, 0.15) is 52.4 Å². The molecule has 0 spiro atoms. The number of hydrogen-bond donors (Lipinski definition) is 1. The molecule has 0 aromatic carbocycles. The molecule has 17 heavy (non-hydrogen) atoms. The van der Waals surface area contributed by atoms with Crippen LogP contribution in [-0.2, 0) is 0 Å². The Hall–Kier alpha value is -0.0800. The van der Waals surface area contributed by atoms with Crippen LogP contribution in [0.15, 0.2) is 0 Å². The lowest BCUT2D eigenvalue weighted by Gasteiger charge is -2.25. The van der Waals surface area contributed by atoms with Crippen molar-refractivity contribution >= 4 is 0 Å². The molecule has 3 aliphatic rings. The maximum atomic E-state index is 3.96. The SMILES string of the molecule is CCC1CCC(NC2CCN(C3CC3)C2)C1C. The molecular weight excluding hydrogens is 208 g/mol. The molecule has 98 valence electrons. The van der Waals surface area contributed by atoms with Gasteiger partial charge in [-0.05, 0) is 43.9 Å². The molecule has 2 aliphatic carbocycles. The quantitative estimate of drug-likeness (QED) is 0.807. The fourth-order valence-corrected chi connectivity index (χ4v) is 4.06. The van der Waals surface area contributed by atoms with Crippen LogP contribution in [0.2, 0.25) is 0 Å². The van der Waals surface area contributed by atoms with E-state index >= 15 is 0 Å². The standard InChI is InChI=1S/C15H28N2/c1-3-12-4-7-15(11(12)2)16-13-8-9-17(10-13)14-5-6-14/h11-16H,3-10H2,1-2H3. The van der Waals surface area contributed by atoms with Gasteiger partial charge in [0.2, 0.25) is 0 Å². The van der Waals surface area contributed by atoms with Crippen molar-refractivity contribution in [3.8, 4) is 0 Å². The second kappa shape index (κ2) is 4.89. The summed E-state index contributed by atoms with van der Waals surface area (Å²) in [6.07, 6.45) is 8.55. The van der Waals surface area contributed by atoms with E-state index in [4.69, 9.17) is 0 Å². The third-order valence-corrected chi connectivity index (χ3v) is 5.48. The van der Waals surface area contributed by atoms with Crippen LogP contribution in [0.5, 0.6) is 0 Å². The zero-order valence-corrected chi connectivity index (χ0v) is 11.5. The summed E-state index contributed by atoms with van der Waals surface area (Å²) in [6.45, 7) is 7.49. The van der Waals surface area contributed by atoms with Crippen molar-refractivity contribution in [2.75, 3.05) is 13.1 Å². The van der Waals surface area contributed by atoms with Crippen LogP contribution in [-0.4, -0.2) is 36.1 Å². The fraction of sp³-hybridized carbons (Fsp3) is 1.00. The number of hydrogen-bond acceptors (Lipinski definition) is 2. The molecule has 1 saturated heterocycles. The van der Waals surface area contributed by atoms with E-state index < -0.39 is 0 Å². The van der Waals surface area contributed by atoms with E-state index in [1.54, 1.807) is 0 Å². The van der Waals surface area contributed by atoms with Crippen molar-refractivity contribution < 1.29 is 0 Å². The summed E-state index contributed by atoms with van der Waals surface area (Å²) in [6, 6.07) is 2.56. The van der Waals surface area contributed by atoms with Crippen LogP contribution in [0, 0.1) is 11.8 Å². The molecule has 0 aromatic heterocycles. The van der Waals surface area contributed by atoms with Gasteiger partial charge >= 0.3 is 0 Å². The summed E-state index contributed by atoms with van der Waals surface area (Å²) < 4.78 is 0. The maximum absolute atomic E-state index is 3.96. The average molecular weight is 236 g/mol. The smallest absolute Gasteiger partial charge is 0.0210 e. The first-order valence-corrected chi connectivity index (χ1v) is 7.78. The topological polar surface area (TPSA) is 15.3 Å². The van der Waals surface area contributed by atoms with Crippen LogP contribution in [0.3, 0.4) is 0 Å². The molecular formula is C15H28N2. The predicted octanol–water partition coefficient (Wildman–Crippen LogP) is 2.64. The monoisotopic (exact) mass is 236 g/mol. The van der Waals surface area contributed by atoms with Crippen molar-refractivity contribution in [1.82, 2.24) is 10.2 Å². The van der Waals surface area contributed by atoms with Crippen molar-refractivity contribution in [2.24, 2.45) is 11.8 Å². The summed E-state index contributed by atoms with van der Waals surface area (Å²) in [5.74, 6) is 1.88. The highest BCUT2D eigenvalue weighted by Gasteiger charge is 2.37. The normalized spacial score (nSPS) is 43.4. The molecule has 0 bridgehead atoms. The number of nitrogens with zero attached hydrogens (tertiary/aromatic N) is 1. The summed E-state index contributed by atoms with van der Waals surface area (Å²) in [7, 11) is 0. The molecule has 1 aliphatic heterocycles. The lowest BCUT2D eigenvalue weighted by Crippen LogP contribution is -2.42. The Morgan fingerprint density at radius 1 is 1.12 bits per heavy atom. The summed E-state index contributed by atoms with van der Waals surface area (Å²) in [5.41, 5.74) is 0. The molecule has 4 unspecified atom stereocenters. The van der Waals surface area contributed by atoms with Gasteiger partial charge in [-0.1, -0.05) is 20.3 Å². The van der Waals surface area contributed by atoms with Crippen LogP contribution >= 0.6 is 0 Å². The molecule has 2 saturated carbocycles. The second-order valence-corrected chi connectivity index (χ2v) is 6.59. The van der Waals surface area contributed by atoms with Gasteiger partial charge in [-0.25, -0.2) is 0 Å². The molecule has 2 nitrogen and oxygen atoms in total. The molecule has 3 rings (SSSR count). The minimum absolute atomic E-state index is 0.790. The zero-order valence-electron chi connectivity index (χ0n) is 11.5. The fourth-order valence-electron chi connectivity index (χ4n) is 4.06. The number of nitrogens with one attached hydrogen (secondary N) is 1. The van der Waals surface area contributed by atoms with Gasteiger partial charge in [0.1, 0.15) is 0 Å². The minimum Gasteiger partial charge on any atom is -0.310 e. The third kappa shape index (κ3) is 2.53. The van der Waals surface area contributed by atoms with E-state index in [1.165, 1.54) is 51.6 Å². The first-order chi connectivity index (χ1) is 8.28. The highest BCUT2D eigenvalue weighted by molar-refractivity contribution is 4.95. The van der Waals surface area contributed by atoms with E-state index in [0.717, 1.165) is 30.0 Å². The van der Waals surface area contributed by atoms with Crippen LogP contribution < -0.4 is 5.32 Å². The van der Waals surface area contributed by atoms with E-state index in [0.29, 0.717) is 0 Å². The van der Waals surface area contributed by atoms with E-state index in [9.17, 15) is 0 Å². The zero-order chi connectivity index (χ0) is 11.8. The Labute approximate surface area is 106 Å². The first-order valence-electron chi connectivity index (χ1n) is 7.78. The van der Waals surface area contributed by atoms with Crippen molar-refractivity contribution in [2.45, 2.75) is 70.5 Å². The molecule has 1 N–H and O–H groups in total. The van der Waals surface area contributed by atoms with Crippen LogP contribution in [0.4, 0.5) is 0 Å². The largest absolute Gasteiger partial charge is 0.310 e. The Morgan fingerprint density at radius 2 is 1.94 bits per heavy atom. The maximum Gasteiger partial charge on any atom is 0.0210 e. The van der Waals surface area contributed by atoms with Gasteiger partial charge in [0, 0.05) is 31.2 Å². The molecule has 3 fully saturated rings. The lowest BCUT2D eigenvalue weighted by molar-refractivity contribution is 0.293. The Bertz CT molecular complexity index is 262. The Morgan fingerprint density at radius 3 is 2.59 bits per heavy atom. The van der Waals surface area contributed by atoms with Gasteiger partial charge in [-0.3, -0.25) is 4.90 Å². The van der Waals surface area contributed by atoms with E-state index in [2.05, 4.69) is 24.1 Å². The average Bonchev–Trinajstić information content (AvgIpc) is 2.99. The van der Waals surface area contributed by atoms with Gasteiger partial charge in [0.05, 0.1) is 0 Å². The lowest BCUT2D eigenvalue weighted by atomic mass is 9.93. The van der Waals surface area contributed by atoms with E-state index in [-0.39, 0.29) is 0 Å². The molecule has 0 aromatic rings. The van der Waals surface area contributed by atoms with Gasteiger partial charge < -0.3 is 5.32 Å². The molecule has 0 radical (unpaired) electrons. The predicted molar refractivity (Wildman–Crippen MR) is 72.1 cm³/mol. The van der Waals surface area contributed by atoms with Gasteiger partial charge in [0.25, 0.3) is 0 Å². The highest BCUT2D eigenvalue weighted by Crippen LogP contribution is 2.35. The number of likely N-dealkylation sites (tertiary alicyclic amines) is 1. The van der Waals surface area contributed by atoms with Crippen molar-refractivity contribution in [1.29, 1.82) is 0 Å². The minimum atomic E-state index is 0.790. The van der Waals surface area contributed by atoms with E-state index in [1.807, 2.05) is 0 Å². The van der Waals surface area contributed by atoms with Gasteiger partial charge in [0.15, 0.2) is 0 Å². The highest BCUT2D eigenvalue weighted by atomic mass is 15.2. The Balaban J connectivity index is 1.47. The summed E-state index contributed by atoms with van der Waals surface area (Å²) in [5, 5.41) is 3.96. The molecule has 4 atom stereocenters. The van der Waals surface area contributed by atoms with Crippen molar-refractivity contribution in [3.05, 3.63) is 0 Å². The molecule has 1 heterocycles. The summed E-state index contributed by atoms with van der Waals surface area (Å²) >= 11 is 0.